The standard InChI is InChI=1S/C15H12ClFO2/c16-13-9-12(6-7-14(13)17)11-4-1-10(2-5-11)3-8-15(18)19/h1-2,4-7,9H,3,8H2,(H,18,19). The minimum Gasteiger partial charge on any atom is -0.481 e. The quantitative estimate of drug-likeness (QED) is 0.912. The van der Waals surface area contributed by atoms with E-state index >= 15 is 0 Å². The number of carboxylic acid groups (broad SMARTS) is 1. The van der Waals surface area contributed by atoms with E-state index in [4.69, 9.17) is 16.7 Å². The SMILES string of the molecule is O=C(O)CCc1ccc(-c2ccc(F)c(Cl)c2)cc1. The molecule has 2 rings (SSSR count). The largest absolute Gasteiger partial charge is 0.481 e. The number of rotatable bonds is 4. The molecule has 0 atom stereocenters. The van der Waals surface area contributed by atoms with Crippen LogP contribution in [0.4, 0.5) is 4.39 Å². The molecule has 0 aromatic heterocycles. The first-order valence-electron chi connectivity index (χ1n) is 5.82. The highest BCUT2D eigenvalue weighted by molar-refractivity contribution is 6.31. The number of hydrogen-bond donors (Lipinski definition) is 1. The number of carboxylic acids is 1. The molecule has 0 aliphatic heterocycles. The van der Waals surface area contributed by atoms with Crippen molar-refractivity contribution in [1.82, 2.24) is 0 Å². The molecule has 0 spiro atoms. The van der Waals surface area contributed by atoms with Gasteiger partial charge in [-0.05, 0) is 35.2 Å². The molecule has 1 N–H and O–H groups in total. The summed E-state index contributed by atoms with van der Waals surface area (Å²) in [6.07, 6.45) is 0.613. The Morgan fingerprint density at radius 2 is 1.74 bits per heavy atom. The van der Waals surface area contributed by atoms with Crippen LogP contribution in [0.2, 0.25) is 5.02 Å². The lowest BCUT2D eigenvalue weighted by Crippen LogP contribution is -1.97. The van der Waals surface area contributed by atoms with Crippen molar-refractivity contribution >= 4 is 17.6 Å². The van der Waals surface area contributed by atoms with Crippen molar-refractivity contribution in [2.45, 2.75) is 12.8 Å². The van der Waals surface area contributed by atoms with Crippen LogP contribution in [0.3, 0.4) is 0 Å². The maximum Gasteiger partial charge on any atom is 0.303 e. The fourth-order valence-corrected chi connectivity index (χ4v) is 1.97. The van der Waals surface area contributed by atoms with Gasteiger partial charge in [-0.1, -0.05) is 41.9 Å². The van der Waals surface area contributed by atoms with Gasteiger partial charge in [0.05, 0.1) is 5.02 Å². The zero-order valence-corrected chi connectivity index (χ0v) is 10.8. The Balaban J connectivity index is 2.17. The molecule has 4 heteroatoms. The molecule has 0 bridgehead atoms. The van der Waals surface area contributed by atoms with Gasteiger partial charge in [0.25, 0.3) is 0 Å². The summed E-state index contributed by atoms with van der Waals surface area (Å²) in [6, 6.07) is 12.1. The first kappa shape index (κ1) is 13.6. The zero-order chi connectivity index (χ0) is 13.8. The monoisotopic (exact) mass is 278 g/mol. The van der Waals surface area contributed by atoms with E-state index in [9.17, 15) is 9.18 Å². The minimum absolute atomic E-state index is 0.0902. The van der Waals surface area contributed by atoms with Crippen LogP contribution in [0.5, 0.6) is 0 Å². The minimum atomic E-state index is -0.811. The van der Waals surface area contributed by atoms with E-state index < -0.39 is 11.8 Å². The Kier molecular flexibility index (Phi) is 4.17. The van der Waals surface area contributed by atoms with Crippen LogP contribution in [-0.4, -0.2) is 11.1 Å². The highest BCUT2D eigenvalue weighted by Gasteiger charge is 2.04. The summed E-state index contributed by atoms with van der Waals surface area (Å²) in [5.74, 6) is -1.25. The lowest BCUT2D eigenvalue weighted by atomic mass is 10.0. The number of halogens is 2. The summed E-state index contributed by atoms with van der Waals surface area (Å²) < 4.78 is 13.1. The molecular formula is C15H12ClFO2. The molecular weight excluding hydrogens is 267 g/mol. The molecule has 0 aliphatic rings. The third kappa shape index (κ3) is 3.55. The van der Waals surface area contributed by atoms with Crippen LogP contribution in [0.1, 0.15) is 12.0 Å². The van der Waals surface area contributed by atoms with Gasteiger partial charge in [-0.2, -0.15) is 0 Å². The molecule has 2 aromatic rings. The van der Waals surface area contributed by atoms with Gasteiger partial charge in [-0.25, -0.2) is 4.39 Å². The van der Waals surface area contributed by atoms with E-state index in [-0.39, 0.29) is 11.4 Å². The third-order valence-electron chi connectivity index (χ3n) is 2.83. The van der Waals surface area contributed by atoms with Crippen LogP contribution < -0.4 is 0 Å². The van der Waals surface area contributed by atoms with E-state index in [1.165, 1.54) is 6.07 Å². The van der Waals surface area contributed by atoms with Gasteiger partial charge in [0.1, 0.15) is 5.82 Å². The van der Waals surface area contributed by atoms with Crippen LogP contribution in [-0.2, 0) is 11.2 Å². The summed E-state index contributed by atoms with van der Waals surface area (Å²) in [4.78, 5) is 10.5. The summed E-state index contributed by atoms with van der Waals surface area (Å²) >= 11 is 5.74. The maximum atomic E-state index is 13.1. The molecule has 98 valence electrons. The molecule has 0 heterocycles. The van der Waals surface area contributed by atoms with Gasteiger partial charge < -0.3 is 5.11 Å². The van der Waals surface area contributed by atoms with Gasteiger partial charge in [-0.3, -0.25) is 4.79 Å². The molecule has 0 amide bonds. The topological polar surface area (TPSA) is 37.3 Å². The molecule has 19 heavy (non-hydrogen) atoms. The predicted octanol–water partition coefficient (Wildman–Crippen LogP) is 4.16. The van der Waals surface area contributed by atoms with Crippen LogP contribution >= 0.6 is 11.6 Å². The number of hydrogen-bond acceptors (Lipinski definition) is 1. The van der Waals surface area contributed by atoms with Crippen molar-refractivity contribution in [3.8, 4) is 11.1 Å². The lowest BCUT2D eigenvalue weighted by molar-refractivity contribution is -0.136. The highest BCUT2D eigenvalue weighted by Crippen LogP contribution is 2.25. The summed E-state index contributed by atoms with van der Waals surface area (Å²) in [5.41, 5.74) is 2.71. The van der Waals surface area contributed by atoms with Crippen LogP contribution in [0.15, 0.2) is 42.5 Å². The normalized spacial score (nSPS) is 10.4. The Bertz CT molecular complexity index is 594. The Morgan fingerprint density at radius 3 is 2.32 bits per heavy atom. The predicted molar refractivity (Wildman–Crippen MR) is 72.8 cm³/mol. The van der Waals surface area contributed by atoms with Gasteiger partial charge in [0.2, 0.25) is 0 Å². The second-order valence-corrected chi connectivity index (χ2v) is 4.63. The smallest absolute Gasteiger partial charge is 0.303 e. The average Bonchev–Trinajstić information content (AvgIpc) is 2.40. The molecule has 0 saturated carbocycles. The average molecular weight is 279 g/mol. The van der Waals surface area contributed by atoms with Gasteiger partial charge in [-0.15, -0.1) is 0 Å². The van der Waals surface area contributed by atoms with Crippen molar-refractivity contribution in [3.05, 3.63) is 58.9 Å². The fourth-order valence-electron chi connectivity index (χ4n) is 1.79. The summed E-state index contributed by atoms with van der Waals surface area (Å²) in [7, 11) is 0. The molecule has 0 radical (unpaired) electrons. The van der Waals surface area contributed by atoms with Crippen molar-refractivity contribution in [1.29, 1.82) is 0 Å². The number of aliphatic carboxylic acids is 1. The van der Waals surface area contributed by atoms with Crippen molar-refractivity contribution in [2.75, 3.05) is 0 Å². The second-order valence-electron chi connectivity index (χ2n) is 4.22. The van der Waals surface area contributed by atoms with Crippen molar-refractivity contribution < 1.29 is 14.3 Å². The van der Waals surface area contributed by atoms with E-state index in [0.29, 0.717) is 6.42 Å². The fraction of sp³-hybridized carbons (Fsp3) is 0.133. The molecule has 2 aromatic carbocycles. The van der Waals surface area contributed by atoms with Gasteiger partial charge in [0, 0.05) is 6.42 Å². The Hall–Kier alpha value is -1.87. The second kappa shape index (κ2) is 5.85. The van der Waals surface area contributed by atoms with Crippen LogP contribution in [0, 0.1) is 5.82 Å². The van der Waals surface area contributed by atoms with Gasteiger partial charge in [0.15, 0.2) is 0 Å². The summed E-state index contributed by atoms with van der Waals surface area (Å²) in [6.45, 7) is 0. The van der Waals surface area contributed by atoms with Crippen LogP contribution in [0.25, 0.3) is 11.1 Å². The highest BCUT2D eigenvalue weighted by atomic mass is 35.5. The number of aryl methyl sites for hydroxylation is 1. The molecule has 0 aliphatic carbocycles. The van der Waals surface area contributed by atoms with E-state index in [1.54, 1.807) is 12.1 Å². The summed E-state index contributed by atoms with van der Waals surface area (Å²) in [5, 5.41) is 8.70. The van der Waals surface area contributed by atoms with E-state index in [2.05, 4.69) is 0 Å². The molecule has 2 nitrogen and oxygen atoms in total. The lowest BCUT2D eigenvalue weighted by Gasteiger charge is -2.05. The Labute approximate surface area is 115 Å². The molecule has 0 unspecified atom stereocenters. The van der Waals surface area contributed by atoms with E-state index in [0.717, 1.165) is 16.7 Å². The van der Waals surface area contributed by atoms with Crippen molar-refractivity contribution in [2.24, 2.45) is 0 Å². The zero-order valence-electron chi connectivity index (χ0n) is 10.1. The molecule has 0 saturated heterocycles. The third-order valence-corrected chi connectivity index (χ3v) is 3.12. The van der Waals surface area contributed by atoms with Gasteiger partial charge >= 0.3 is 5.97 Å². The molecule has 0 fully saturated rings. The number of benzene rings is 2. The Morgan fingerprint density at radius 1 is 1.11 bits per heavy atom. The first-order valence-corrected chi connectivity index (χ1v) is 6.20. The van der Waals surface area contributed by atoms with Crippen molar-refractivity contribution in [3.63, 3.8) is 0 Å². The maximum absolute atomic E-state index is 13.1. The first-order chi connectivity index (χ1) is 9.06. The van der Waals surface area contributed by atoms with E-state index in [1.807, 2.05) is 24.3 Å². The number of carbonyl (C=O) groups is 1.